The molecule has 4 heteroatoms. The van der Waals surface area contributed by atoms with Crippen LogP contribution in [0.1, 0.15) is 22.8 Å². The summed E-state index contributed by atoms with van der Waals surface area (Å²) in [4.78, 5) is 4.27. The van der Waals surface area contributed by atoms with Crippen molar-refractivity contribution in [3.05, 3.63) is 53.9 Å². The van der Waals surface area contributed by atoms with Gasteiger partial charge in [0.2, 0.25) is 0 Å². The molecule has 0 saturated carbocycles. The number of rotatable bonds is 3. The van der Waals surface area contributed by atoms with Crippen LogP contribution in [0.3, 0.4) is 0 Å². The van der Waals surface area contributed by atoms with Crippen LogP contribution in [0.25, 0.3) is 17.2 Å². The topological polar surface area (TPSA) is 54.4 Å². The number of nitrogens with one attached hydrogen (secondary N) is 1. The maximum absolute atomic E-state index is 10.0. The lowest BCUT2D eigenvalue weighted by Gasteiger charge is -2.23. The van der Waals surface area contributed by atoms with E-state index in [2.05, 4.69) is 22.9 Å². The van der Waals surface area contributed by atoms with Gasteiger partial charge >= 0.3 is 0 Å². The van der Waals surface area contributed by atoms with Crippen LogP contribution in [0.15, 0.2) is 37.2 Å². The Labute approximate surface area is 124 Å². The Bertz CT molecular complexity index is 682. The van der Waals surface area contributed by atoms with Gasteiger partial charge in [-0.05, 0) is 28.8 Å². The fraction of sp³-hybridized carbons (Fsp3) is 0.235. The van der Waals surface area contributed by atoms with E-state index in [4.69, 9.17) is 4.74 Å². The first kappa shape index (κ1) is 13.8. The molecule has 0 radical (unpaired) electrons. The predicted octanol–water partition coefficient (Wildman–Crippen LogP) is 3.00. The van der Waals surface area contributed by atoms with Crippen LogP contribution in [0.4, 0.5) is 5.69 Å². The fourth-order valence-electron chi connectivity index (χ4n) is 2.69. The number of hydrogen-bond acceptors (Lipinski definition) is 4. The van der Waals surface area contributed by atoms with Crippen molar-refractivity contribution in [1.29, 1.82) is 0 Å². The lowest BCUT2D eigenvalue weighted by molar-refractivity contribution is 0.00981. The summed E-state index contributed by atoms with van der Waals surface area (Å²) in [6.45, 7) is 4.68. The largest absolute Gasteiger partial charge is 0.388 e. The maximum atomic E-state index is 10.0. The molecule has 2 aromatic rings. The third kappa shape index (κ3) is 2.44. The Kier molecular flexibility index (Phi) is 3.73. The number of benzene rings is 1. The normalized spacial score (nSPS) is 17.1. The smallest absolute Gasteiger partial charge is 0.104 e. The molecule has 0 saturated heterocycles. The molecule has 1 aromatic carbocycles. The first-order chi connectivity index (χ1) is 10.2. The van der Waals surface area contributed by atoms with Gasteiger partial charge in [0.15, 0.2) is 0 Å². The summed E-state index contributed by atoms with van der Waals surface area (Å²) in [5.41, 5.74) is 5.98. The summed E-state index contributed by atoms with van der Waals surface area (Å²) >= 11 is 0. The van der Waals surface area contributed by atoms with Crippen LogP contribution in [0.2, 0.25) is 0 Å². The van der Waals surface area contributed by atoms with Crippen LogP contribution in [0, 0.1) is 0 Å². The minimum atomic E-state index is -0.600. The van der Waals surface area contributed by atoms with Gasteiger partial charge in [0.05, 0.1) is 13.2 Å². The summed E-state index contributed by atoms with van der Waals surface area (Å²) < 4.78 is 5.46. The Hall–Kier alpha value is -2.17. The number of pyridine rings is 1. The number of ether oxygens (including phenoxy) is 1. The lowest BCUT2D eigenvalue weighted by atomic mass is 9.93. The molecule has 21 heavy (non-hydrogen) atoms. The molecule has 2 heterocycles. The molecule has 1 aliphatic rings. The Morgan fingerprint density at radius 2 is 2.29 bits per heavy atom. The highest BCUT2D eigenvalue weighted by molar-refractivity contribution is 5.76. The van der Waals surface area contributed by atoms with Gasteiger partial charge in [-0.3, -0.25) is 4.98 Å². The van der Waals surface area contributed by atoms with Crippen molar-refractivity contribution >= 4 is 11.8 Å². The molecular weight excluding hydrogens is 264 g/mol. The van der Waals surface area contributed by atoms with E-state index < -0.39 is 6.10 Å². The van der Waals surface area contributed by atoms with Gasteiger partial charge in [-0.1, -0.05) is 18.7 Å². The molecule has 3 rings (SSSR count). The number of aliphatic hydroxyl groups excluding tert-OH is 1. The number of hydrogen-bond donors (Lipinski definition) is 2. The van der Waals surface area contributed by atoms with Crippen LogP contribution in [0.5, 0.6) is 0 Å². The second-order valence-corrected chi connectivity index (χ2v) is 5.04. The Morgan fingerprint density at radius 1 is 1.43 bits per heavy atom. The molecule has 0 spiro atoms. The summed E-state index contributed by atoms with van der Waals surface area (Å²) in [6.07, 6.45) is 4.77. The van der Waals surface area contributed by atoms with Gasteiger partial charge < -0.3 is 15.2 Å². The zero-order valence-electron chi connectivity index (χ0n) is 12.0. The van der Waals surface area contributed by atoms with Crippen LogP contribution in [-0.2, 0) is 11.3 Å². The average Bonchev–Trinajstić information content (AvgIpc) is 2.54. The molecule has 1 atom stereocenters. The van der Waals surface area contributed by atoms with Crippen molar-refractivity contribution < 1.29 is 9.84 Å². The highest BCUT2D eigenvalue weighted by Gasteiger charge is 2.22. The zero-order chi connectivity index (χ0) is 14.8. The van der Waals surface area contributed by atoms with Gasteiger partial charge in [0, 0.05) is 36.3 Å². The third-order valence-corrected chi connectivity index (χ3v) is 3.82. The standard InChI is InChI=1S/C17H18N2O2/c1-3-11-6-12(4-5-16(11)18-2)13-7-19-8-14-15(13)9-21-10-17(14)20/h3-8,17-18,20H,1,9-10H2,2H3. The number of aliphatic hydroxyl groups is 1. The summed E-state index contributed by atoms with van der Waals surface area (Å²) in [5, 5.41) is 13.2. The van der Waals surface area contributed by atoms with E-state index in [1.54, 1.807) is 6.20 Å². The molecule has 0 bridgehead atoms. The van der Waals surface area contributed by atoms with Crippen LogP contribution < -0.4 is 5.32 Å². The van der Waals surface area contributed by atoms with Crippen molar-refractivity contribution in [2.45, 2.75) is 12.7 Å². The maximum Gasteiger partial charge on any atom is 0.104 e. The molecule has 1 aromatic heterocycles. The van der Waals surface area contributed by atoms with E-state index >= 15 is 0 Å². The summed E-state index contributed by atoms with van der Waals surface area (Å²) in [7, 11) is 1.89. The highest BCUT2D eigenvalue weighted by Crippen LogP contribution is 2.34. The van der Waals surface area contributed by atoms with Crippen LogP contribution >= 0.6 is 0 Å². The molecule has 4 nitrogen and oxygen atoms in total. The quantitative estimate of drug-likeness (QED) is 0.908. The number of anilines is 1. The second-order valence-electron chi connectivity index (χ2n) is 5.04. The zero-order valence-corrected chi connectivity index (χ0v) is 12.0. The van der Waals surface area contributed by atoms with Gasteiger partial charge in [0.1, 0.15) is 6.10 Å². The number of fused-ring (bicyclic) bond motifs is 1. The second kappa shape index (κ2) is 5.68. The predicted molar refractivity (Wildman–Crippen MR) is 83.9 cm³/mol. The van der Waals surface area contributed by atoms with E-state index in [0.29, 0.717) is 13.2 Å². The first-order valence-corrected chi connectivity index (χ1v) is 6.91. The molecule has 1 unspecified atom stereocenters. The van der Waals surface area contributed by atoms with Crippen molar-refractivity contribution in [3.8, 4) is 11.1 Å². The molecule has 2 N–H and O–H groups in total. The summed E-state index contributed by atoms with van der Waals surface area (Å²) in [5.74, 6) is 0. The average molecular weight is 282 g/mol. The van der Waals surface area contributed by atoms with E-state index in [9.17, 15) is 5.11 Å². The molecule has 0 fully saturated rings. The summed E-state index contributed by atoms with van der Waals surface area (Å²) in [6, 6.07) is 6.13. The van der Waals surface area contributed by atoms with E-state index in [1.807, 2.05) is 31.5 Å². The third-order valence-electron chi connectivity index (χ3n) is 3.82. The van der Waals surface area contributed by atoms with Crippen molar-refractivity contribution in [1.82, 2.24) is 4.98 Å². The van der Waals surface area contributed by atoms with E-state index in [-0.39, 0.29) is 0 Å². The molecule has 0 aliphatic carbocycles. The fourth-order valence-corrected chi connectivity index (χ4v) is 2.69. The molecular formula is C17H18N2O2. The van der Waals surface area contributed by atoms with Crippen molar-refractivity contribution in [3.63, 3.8) is 0 Å². The van der Waals surface area contributed by atoms with Gasteiger partial charge in [-0.25, -0.2) is 0 Å². The Balaban J connectivity index is 2.13. The number of nitrogens with zero attached hydrogens (tertiary/aromatic N) is 1. The van der Waals surface area contributed by atoms with Crippen molar-refractivity contribution in [2.24, 2.45) is 0 Å². The number of aromatic nitrogens is 1. The lowest BCUT2D eigenvalue weighted by Crippen LogP contribution is -2.17. The Morgan fingerprint density at radius 3 is 3.05 bits per heavy atom. The highest BCUT2D eigenvalue weighted by atomic mass is 16.5. The minimum Gasteiger partial charge on any atom is -0.388 e. The van der Waals surface area contributed by atoms with Crippen molar-refractivity contribution in [2.75, 3.05) is 19.0 Å². The molecule has 108 valence electrons. The first-order valence-electron chi connectivity index (χ1n) is 6.91. The van der Waals surface area contributed by atoms with Gasteiger partial charge in [-0.15, -0.1) is 0 Å². The van der Waals surface area contributed by atoms with Gasteiger partial charge in [-0.2, -0.15) is 0 Å². The monoisotopic (exact) mass is 282 g/mol. The van der Waals surface area contributed by atoms with E-state index in [0.717, 1.165) is 33.5 Å². The minimum absolute atomic E-state index is 0.328. The molecule has 0 amide bonds. The van der Waals surface area contributed by atoms with Crippen LogP contribution in [-0.4, -0.2) is 23.7 Å². The van der Waals surface area contributed by atoms with E-state index in [1.165, 1.54) is 0 Å². The molecule has 1 aliphatic heterocycles. The van der Waals surface area contributed by atoms with Gasteiger partial charge in [0.25, 0.3) is 0 Å². The SMILES string of the molecule is C=Cc1cc(-c2cncc3c2COCC3O)ccc1NC.